The van der Waals surface area contributed by atoms with Crippen molar-refractivity contribution in [2.24, 2.45) is 17.8 Å². The maximum Gasteiger partial charge on any atom is 0.197 e. The normalized spacial score (nSPS) is 37.7. The van der Waals surface area contributed by atoms with Gasteiger partial charge >= 0.3 is 0 Å². The first-order chi connectivity index (χ1) is 10.2. The maximum absolute atomic E-state index is 6.44. The molecule has 2 heteroatoms. The first kappa shape index (κ1) is 13.4. The van der Waals surface area contributed by atoms with Crippen LogP contribution in [0.2, 0.25) is 0 Å². The zero-order valence-electron chi connectivity index (χ0n) is 12.8. The average molecular weight is 284 g/mol. The van der Waals surface area contributed by atoms with Crippen LogP contribution in [0, 0.1) is 17.8 Å². The highest BCUT2D eigenvalue weighted by atomic mass is 16.7. The molecule has 4 saturated carbocycles. The Morgan fingerprint density at radius 2 is 1.81 bits per heavy atom. The third-order valence-corrected chi connectivity index (χ3v) is 5.73. The van der Waals surface area contributed by atoms with Gasteiger partial charge in [0.05, 0.1) is 5.60 Å². The Balaban J connectivity index is 1.42. The van der Waals surface area contributed by atoms with E-state index >= 15 is 0 Å². The third kappa shape index (κ3) is 2.30. The Labute approximate surface area is 127 Å². The molecule has 1 aromatic rings. The summed E-state index contributed by atoms with van der Waals surface area (Å²) in [6.45, 7) is 5.81. The second-order valence-electron chi connectivity index (χ2n) is 7.19. The van der Waals surface area contributed by atoms with Crippen molar-refractivity contribution in [3.8, 4) is 5.75 Å². The van der Waals surface area contributed by atoms with Crippen LogP contribution < -0.4 is 4.74 Å². The van der Waals surface area contributed by atoms with Crippen LogP contribution in [-0.2, 0) is 4.74 Å². The summed E-state index contributed by atoms with van der Waals surface area (Å²) in [5, 5.41) is 0. The number of rotatable bonds is 5. The Morgan fingerprint density at radius 3 is 2.43 bits per heavy atom. The fourth-order valence-corrected chi connectivity index (χ4v) is 5.14. The molecular formula is C19H24O2. The van der Waals surface area contributed by atoms with Crippen LogP contribution in [0.4, 0.5) is 0 Å². The summed E-state index contributed by atoms with van der Waals surface area (Å²) in [5.74, 6) is 3.50. The molecule has 2 nitrogen and oxygen atoms in total. The van der Waals surface area contributed by atoms with E-state index in [0.29, 0.717) is 0 Å². The molecule has 0 heterocycles. The number of hydrogen-bond donors (Lipinski definition) is 0. The fraction of sp³-hybridized carbons (Fsp3) is 0.579. The van der Waals surface area contributed by atoms with Crippen molar-refractivity contribution >= 4 is 6.08 Å². The lowest BCUT2D eigenvalue weighted by molar-refractivity contribution is -0.175. The van der Waals surface area contributed by atoms with Crippen LogP contribution in [0.1, 0.15) is 44.6 Å². The van der Waals surface area contributed by atoms with Gasteiger partial charge in [-0.3, -0.25) is 0 Å². The molecule has 5 rings (SSSR count). The summed E-state index contributed by atoms with van der Waals surface area (Å²) in [4.78, 5) is 0. The van der Waals surface area contributed by atoms with Crippen LogP contribution in [0.25, 0.3) is 6.08 Å². The van der Waals surface area contributed by atoms with Crippen molar-refractivity contribution in [3.05, 3.63) is 36.4 Å². The van der Waals surface area contributed by atoms with Crippen LogP contribution >= 0.6 is 0 Å². The smallest absolute Gasteiger partial charge is 0.197 e. The molecule has 0 aliphatic heterocycles. The molecule has 21 heavy (non-hydrogen) atoms. The van der Waals surface area contributed by atoms with Crippen molar-refractivity contribution in [3.63, 3.8) is 0 Å². The molecule has 1 aromatic carbocycles. The van der Waals surface area contributed by atoms with Crippen molar-refractivity contribution in [1.82, 2.24) is 0 Å². The minimum atomic E-state index is -0.169. The molecule has 4 fully saturated rings. The van der Waals surface area contributed by atoms with Gasteiger partial charge in [-0.2, -0.15) is 0 Å². The molecular weight excluding hydrogens is 260 g/mol. The number of ether oxygens (including phenoxy) is 2. The largest absolute Gasteiger partial charge is 0.465 e. The lowest BCUT2D eigenvalue weighted by Gasteiger charge is -2.35. The van der Waals surface area contributed by atoms with Crippen molar-refractivity contribution in [1.29, 1.82) is 0 Å². The van der Waals surface area contributed by atoms with E-state index in [4.69, 9.17) is 9.47 Å². The van der Waals surface area contributed by atoms with Crippen molar-refractivity contribution < 1.29 is 9.47 Å². The summed E-state index contributed by atoms with van der Waals surface area (Å²) in [6.07, 6.45) is 8.41. The first-order valence-electron chi connectivity index (χ1n) is 8.24. The molecule has 0 radical (unpaired) electrons. The molecule has 0 N–H and O–H groups in total. The highest BCUT2D eigenvalue weighted by Gasteiger charge is 2.59. The van der Waals surface area contributed by atoms with Gasteiger partial charge < -0.3 is 9.47 Å². The molecule has 4 aliphatic rings. The topological polar surface area (TPSA) is 18.5 Å². The van der Waals surface area contributed by atoms with E-state index in [9.17, 15) is 0 Å². The Morgan fingerprint density at radius 1 is 1.14 bits per heavy atom. The molecule has 0 aromatic heterocycles. The number of hydrogen-bond acceptors (Lipinski definition) is 2. The molecule has 4 aliphatic carbocycles. The second kappa shape index (κ2) is 4.88. The zero-order valence-corrected chi connectivity index (χ0v) is 12.8. The van der Waals surface area contributed by atoms with E-state index < -0.39 is 0 Å². The van der Waals surface area contributed by atoms with E-state index in [1.54, 1.807) is 0 Å². The average Bonchev–Trinajstić information content (AvgIpc) is 2.83. The Kier molecular flexibility index (Phi) is 3.11. The minimum Gasteiger partial charge on any atom is -0.465 e. The summed E-state index contributed by atoms with van der Waals surface area (Å²) in [5.41, 5.74) is 1.25. The third-order valence-electron chi connectivity index (χ3n) is 5.73. The molecule has 0 spiro atoms. The van der Waals surface area contributed by atoms with E-state index in [0.717, 1.165) is 29.1 Å². The molecule has 3 atom stereocenters. The summed E-state index contributed by atoms with van der Waals surface area (Å²) >= 11 is 0. The van der Waals surface area contributed by atoms with Crippen LogP contribution in [0.5, 0.6) is 5.75 Å². The quantitative estimate of drug-likeness (QED) is 0.733. The molecule has 3 unspecified atom stereocenters. The molecule has 112 valence electrons. The standard InChI is InChI=1S/C19H24O2/c1-3-14-4-6-18(7-5-14)20-13(2)21-19-11-15-8-16(12-19)10-17(19)9-15/h3-7,13,15-17H,1,8-12H2,2H3. The minimum absolute atomic E-state index is 0.133. The predicted molar refractivity (Wildman–Crippen MR) is 84.0 cm³/mol. The Bertz CT molecular complexity index is 519. The highest BCUT2D eigenvalue weighted by Crippen LogP contribution is 2.62. The Hall–Kier alpha value is -1.28. The lowest BCUT2D eigenvalue weighted by atomic mass is 9.81. The van der Waals surface area contributed by atoms with E-state index in [2.05, 4.69) is 6.58 Å². The van der Waals surface area contributed by atoms with E-state index in [1.165, 1.54) is 32.1 Å². The van der Waals surface area contributed by atoms with Crippen molar-refractivity contribution in [2.45, 2.75) is 50.9 Å². The zero-order chi connectivity index (χ0) is 14.4. The van der Waals surface area contributed by atoms with Gasteiger partial charge in [0.2, 0.25) is 0 Å². The van der Waals surface area contributed by atoms with Gasteiger partial charge in [-0.05, 0) is 74.5 Å². The van der Waals surface area contributed by atoms with Gasteiger partial charge in [0, 0.05) is 0 Å². The van der Waals surface area contributed by atoms with Gasteiger partial charge in [0.1, 0.15) is 5.75 Å². The highest BCUT2D eigenvalue weighted by molar-refractivity contribution is 5.48. The van der Waals surface area contributed by atoms with E-state index in [-0.39, 0.29) is 11.9 Å². The van der Waals surface area contributed by atoms with Crippen LogP contribution in [0.3, 0.4) is 0 Å². The SMILES string of the molecule is C=Cc1ccc(OC(C)OC23CC4CC(CC2C4)C3)cc1. The van der Waals surface area contributed by atoms with Gasteiger partial charge in [-0.25, -0.2) is 0 Å². The van der Waals surface area contributed by atoms with Gasteiger partial charge in [0.25, 0.3) is 0 Å². The molecule has 0 amide bonds. The van der Waals surface area contributed by atoms with E-state index in [1.807, 2.05) is 37.3 Å². The summed E-state index contributed by atoms with van der Waals surface area (Å²) in [7, 11) is 0. The second-order valence-corrected chi connectivity index (χ2v) is 7.19. The predicted octanol–water partition coefficient (Wildman–Crippen LogP) is 4.65. The van der Waals surface area contributed by atoms with Crippen molar-refractivity contribution in [2.75, 3.05) is 0 Å². The number of benzene rings is 1. The maximum atomic E-state index is 6.44. The lowest BCUT2D eigenvalue weighted by Crippen LogP contribution is -2.39. The first-order valence-corrected chi connectivity index (χ1v) is 8.24. The fourth-order valence-electron chi connectivity index (χ4n) is 5.14. The molecule has 4 bridgehead atoms. The monoisotopic (exact) mass is 284 g/mol. The summed E-state index contributed by atoms with van der Waals surface area (Å²) in [6, 6.07) is 8.03. The van der Waals surface area contributed by atoms with Crippen LogP contribution in [-0.4, -0.2) is 11.9 Å². The van der Waals surface area contributed by atoms with Gasteiger partial charge in [-0.1, -0.05) is 24.8 Å². The van der Waals surface area contributed by atoms with Gasteiger partial charge in [0.15, 0.2) is 6.29 Å². The van der Waals surface area contributed by atoms with Gasteiger partial charge in [-0.15, -0.1) is 0 Å². The molecule has 0 saturated heterocycles. The van der Waals surface area contributed by atoms with Crippen LogP contribution in [0.15, 0.2) is 30.8 Å². The summed E-state index contributed by atoms with van der Waals surface area (Å²) < 4.78 is 12.4.